The molecule has 0 unspecified atom stereocenters. The molecule has 0 atom stereocenters. The Morgan fingerprint density at radius 2 is 1.75 bits per heavy atom. The van der Waals surface area contributed by atoms with Crippen LogP contribution in [0.3, 0.4) is 0 Å². The molecule has 4 rings (SSSR count). The van der Waals surface area contributed by atoms with E-state index in [0.717, 1.165) is 50.4 Å². The normalized spacial score (nSPS) is 18.4. The Morgan fingerprint density at radius 3 is 2.54 bits per heavy atom. The fraction of sp³-hybridized carbons (Fsp3) is 0.450. The highest BCUT2D eigenvalue weighted by atomic mass is 32.1. The zero-order valence-corrected chi connectivity index (χ0v) is 14.9. The molecule has 4 heteroatoms. The number of benzene rings is 1. The van der Waals surface area contributed by atoms with Crippen molar-refractivity contribution in [3.8, 4) is 0 Å². The summed E-state index contributed by atoms with van der Waals surface area (Å²) < 4.78 is 0. The molecule has 0 N–H and O–H groups in total. The molecule has 1 amide bonds. The van der Waals surface area contributed by atoms with E-state index in [4.69, 9.17) is 0 Å². The van der Waals surface area contributed by atoms with Gasteiger partial charge in [0.2, 0.25) is 0 Å². The van der Waals surface area contributed by atoms with Crippen molar-refractivity contribution < 1.29 is 4.79 Å². The summed E-state index contributed by atoms with van der Waals surface area (Å²) in [6.45, 7) is 4.61. The fourth-order valence-corrected chi connectivity index (χ4v) is 4.92. The number of carbonyl (C=O) groups excluding carboxylic acids is 1. The minimum atomic E-state index is 0.266. The van der Waals surface area contributed by atoms with Crippen molar-refractivity contribution in [2.45, 2.75) is 32.2 Å². The molecule has 1 aliphatic heterocycles. The second-order valence-corrected chi connectivity index (χ2v) is 7.71. The molecular weight excluding hydrogens is 316 g/mol. The van der Waals surface area contributed by atoms with Crippen LogP contribution in [0.2, 0.25) is 0 Å². The summed E-state index contributed by atoms with van der Waals surface area (Å²) in [4.78, 5) is 18.4. The Morgan fingerprint density at radius 1 is 1.00 bits per heavy atom. The largest absolute Gasteiger partial charge is 0.335 e. The van der Waals surface area contributed by atoms with E-state index in [1.54, 1.807) is 11.3 Å². The van der Waals surface area contributed by atoms with E-state index in [0.29, 0.717) is 0 Å². The van der Waals surface area contributed by atoms with E-state index >= 15 is 0 Å². The SMILES string of the molecule is O=C(c1scc2c1CCCC2)N1CCN(Cc2ccccc2)CC1. The first-order valence-corrected chi connectivity index (χ1v) is 9.84. The molecule has 1 aromatic heterocycles. The number of thiophene rings is 1. The van der Waals surface area contributed by atoms with Gasteiger partial charge >= 0.3 is 0 Å². The topological polar surface area (TPSA) is 23.6 Å². The van der Waals surface area contributed by atoms with Crippen LogP contribution in [0.15, 0.2) is 35.7 Å². The van der Waals surface area contributed by atoms with Gasteiger partial charge in [0.15, 0.2) is 0 Å². The highest BCUT2D eigenvalue weighted by molar-refractivity contribution is 7.12. The lowest BCUT2D eigenvalue weighted by Gasteiger charge is -2.34. The van der Waals surface area contributed by atoms with E-state index in [-0.39, 0.29) is 5.91 Å². The smallest absolute Gasteiger partial charge is 0.264 e. The summed E-state index contributed by atoms with van der Waals surface area (Å²) in [7, 11) is 0. The molecule has 126 valence electrons. The molecule has 0 saturated carbocycles. The third-order valence-corrected chi connectivity index (χ3v) is 6.27. The number of carbonyl (C=O) groups is 1. The van der Waals surface area contributed by atoms with Crippen LogP contribution in [-0.2, 0) is 19.4 Å². The number of aryl methyl sites for hydroxylation is 1. The molecule has 2 aromatic rings. The first-order chi connectivity index (χ1) is 11.8. The Bertz CT molecular complexity index is 702. The zero-order chi connectivity index (χ0) is 16.4. The van der Waals surface area contributed by atoms with Gasteiger partial charge in [0.1, 0.15) is 0 Å². The predicted molar refractivity (Wildman–Crippen MR) is 98.6 cm³/mol. The standard InChI is InChI=1S/C20H24N2OS/c23-20(19-18-9-5-4-8-17(18)15-24-19)22-12-10-21(11-13-22)14-16-6-2-1-3-7-16/h1-3,6-7,15H,4-5,8-14H2. The highest BCUT2D eigenvalue weighted by Gasteiger charge is 2.26. The maximum Gasteiger partial charge on any atom is 0.264 e. The monoisotopic (exact) mass is 340 g/mol. The highest BCUT2D eigenvalue weighted by Crippen LogP contribution is 2.31. The van der Waals surface area contributed by atoms with Gasteiger partial charge in [-0.25, -0.2) is 0 Å². The lowest BCUT2D eigenvalue weighted by Crippen LogP contribution is -2.48. The van der Waals surface area contributed by atoms with Gasteiger partial charge in [0, 0.05) is 32.7 Å². The van der Waals surface area contributed by atoms with Crippen LogP contribution in [0.25, 0.3) is 0 Å². The van der Waals surface area contributed by atoms with E-state index < -0.39 is 0 Å². The lowest BCUT2D eigenvalue weighted by atomic mass is 9.93. The Balaban J connectivity index is 1.37. The van der Waals surface area contributed by atoms with Crippen molar-refractivity contribution >= 4 is 17.2 Å². The molecule has 2 aliphatic rings. The molecule has 0 radical (unpaired) electrons. The van der Waals surface area contributed by atoms with Gasteiger partial charge in [-0.1, -0.05) is 30.3 Å². The number of hydrogen-bond acceptors (Lipinski definition) is 3. The average molecular weight is 340 g/mol. The van der Waals surface area contributed by atoms with Crippen LogP contribution < -0.4 is 0 Å². The van der Waals surface area contributed by atoms with Gasteiger partial charge in [-0.05, 0) is 47.8 Å². The summed E-state index contributed by atoms with van der Waals surface area (Å²) >= 11 is 1.67. The van der Waals surface area contributed by atoms with E-state index in [1.807, 2.05) is 0 Å². The van der Waals surface area contributed by atoms with Gasteiger partial charge in [-0.2, -0.15) is 0 Å². The van der Waals surface area contributed by atoms with Crippen molar-refractivity contribution in [1.29, 1.82) is 0 Å². The van der Waals surface area contributed by atoms with Crippen molar-refractivity contribution in [1.82, 2.24) is 9.80 Å². The molecule has 1 aromatic carbocycles. The summed E-state index contributed by atoms with van der Waals surface area (Å²) in [5.41, 5.74) is 4.13. The Hall–Kier alpha value is -1.65. The van der Waals surface area contributed by atoms with Gasteiger partial charge in [-0.3, -0.25) is 9.69 Å². The van der Waals surface area contributed by atoms with Crippen LogP contribution in [0, 0.1) is 0 Å². The Labute approximate surface area is 147 Å². The van der Waals surface area contributed by atoms with Crippen molar-refractivity contribution in [3.63, 3.8) is 0 Å². The molecule has 1 fully saturated rings. The molecule has 0 spiro atoms. The van der Waals surface area contributed by atoms with Crippen LogP contribution in [-0.4, -0.2) is 41.9 Å². The van der Waals surface area contributed by atoms with Crippen LogP contribution >= 0.6 is 11.3 Å². The van der Waals surface area contributed by atoms with Crippen LogP contribution in [0.1, 0.15) is 39.2 Å². The summed E-state index contributed by atoms with van der Waals surface area (Å²) in [6.07, 6.45) is 4.75. The number of nitrogens with zero attached hydrogens (tertiary/aromatic N) is 2. The van der Waals surface area contributed by atoms with Crippen LogP contribution in [0.4, 0.5) is 0 Å². The zero-order valence-electron chi connectivity index (χ0n) is 14.0. The number of rotatable bonds is 3. The second-order valence-electron chi connectivity index (χ2n) is 6.83. The lowest BCUT2D eigenvalue weighted by molar-refractivity contribution is 0.0632. The van der Waals surface area contributed by atoms with E-state index in [1.165, 1.54) is 29.5 Å². The molecular formula is C20H24N2OS. The van der Waals surface area contributed by atoms with Crippen LogP contribution in [0.5, 0.6) is 0 Å². The first kappa shape index (κ1) is 15.9. The van der Waals surface area contributed by atoms with Gasteiger partial charge in [0.05, 0.1) is 4.88 Å². The molecule has 1 saturated heterocycles. The van der Waals surface area contributed by atoms with Crippen molar-refractivity contribution in [2.24, 2.45) is 0 Å². The molecule has 0 bridgehead atoms. The second kappa shape index (κ2) is 7.08. The molecule has 2 heterocycles. The van der Waals surface area contributed by atoms with Gasteiger partial charge < -0.3 is 4.90 Å². The molecule has 24 heavy (non-hydrogen) atoms. The van der Waals surface area contributed by atoms with Crippen molar-refractivity contribution in [2.75, 3.05) is 26.2 Å². The average Bonchev–Trinajstić information content (AvgIpc) is 3.07. The summed E-state index contributed by atoms with van der Waals surface area (Å²) in [6, 6.07) is 10.6. The minimum absolute atomic E-state index is 0.266. The number of fused-ring (bicyclic) bond motifs is 1. The number of amides is 1. The maximum atomic E-state index is 12.9. The summed E-state index contributed by atoms with van der Waals surface area (Å²) in [5.74, 6) is 0.266. The third-order valence-electron chi connectivity index (χ3n) is 5.21. The van der Waals surface area contributed by atoms with Gasteiger partial charge in [0.25, 0.3) is 5.91 Å². The number of piperazine rings is 1. The minimum Gasteiger partial charge on any atom is -0.335 e. The van der Waals surface area contributed by atoms with Crippen molar-refractivity contribution in [3.05, 3.63) is 57.3 Å². The van der Waals surface area contributed by atoms with E-state index in [9.17, 15) is 4.79 Å². The molecule has 1 aliphatic carbocycles. The maximum absolute atomic E-state index is 12.9. The first-order valence-electron chi connectivity index (χ1n) is 8.96. The third kappa shape index (κ3) is 3.26. The molecule has 3 nitrogen and oxygen atoms in total. The fourth-order valence-electron chi connectivity index (χ4n) is 3.79. The predicted octanol–water partition coefficient (Wildman–Crippen LogP) is 3.58. The number of hydrogen-bond donors (Lipinski definition) is 0. The quantitative estimate of drug-likeness (QED) is 0.852. The van der Waals surface area contributed by atoms with E-state index in [2.05, 4.69) is 45.5 Å². The Kier molecular flexibility index (Phi) is 4.67. The summed E-state index contributed by atoms with van der Waals surface area (Å²) in [5, 5.41) is 2.22. The van der Waals surface area contributed by atoms with Gasteiger partial charge in [-0.15, -0.1) is 11.3 Å².